The summed E-state index contributed by atoms with van der Waals surface area (Å²) in [7, 11) is 0. The van der Waals surface area contributed by atoms with Crippen LogP contribution in [0.1, 0.15) is 27.6 Å². The lowest BCUT2D eigenvalue weighted by Crippen LogP contribution is -2.15. The lowest BCUT2D eigenvalue weighted by atomic mass is 10.1. The third-order valence-corrected chi connectivity index (χ3v) is 3.43. The fraction of sp³-hybridized carbons (Fsp3) is 0.167. The van der Waals surface area contributed by atoms with E-state index in [2.05, 4.69) is 15.5 Å². The molecule has 0 unspecified atom stereocenters. The van der Waals surface area contributed by atoms with Crippen molar-refractivity contribution in [1.82, 2.24) is 10.1 Å². The van der Waals surface area contributed by atoms with Gasteiger partial charge in [0, 0.05) is 6.92 Å². The van der Waals surface area contributed by atoms with Crippen LogP contribution in [-0.4, -0.2) is 16.0 Å². The van der Waals surface area contributed by atoms with E-state index >= 15 is 0 Å². The van der Waals surface area contributed by atoms with E-state index in [1.807, 2.05) is 6.92 Å². The Hall–Kier alpha value is -3.22. The molecular formula is C18H16FN3O3. The predicted octanol–water partition coefficient (Wildman–Crippen LogP) is 3.66. The first-order valence-electron chi connectivity index (χ1n) is 7.61. The van der Waals surface area contributed by atoms with Crippen molar-refractivity contribution in [2.24, 2.45) is 0 Å². The number of carbonyl (C=O) groups is 1. The zero-order chi connectivity index (χ0) is 17.8. The summed E-state index contributed by atoms with van der Waals surface area (Å²) in [4.78, 5) is 16.5. The van der Waals surface area contributed by atoms with Gasteiger partial charge in [-0.25, -0.2) is 4.39 Å². The minimum atomic E-state index is -0.500. The van der Waals surface area contributed by atoms with Crippen molar-refractivity contribution in [2.75, 3.05) is 5.32 Å². The Balaban J connectivity index is 1.77. The monoisotopic (exact) mass is 341 g/mol. The summed E-state index contributed by atoms with van der Waals surface area (Å²) < 4.78 is 24.3. The van der Waals surface area contributed by atoms with E-state index in [0.717, 1.165) is 5.56 Å². The molecule has 3 aromatic rings. The molecule has 0 aliphatic heterocycles. The lowest BCUT2D eigenvalue weighted by molar-refractivity contribution is 0.102. The number of rotatable bonds is 5. The molecule has 7 heteroatoms. The van der Waals surface area contributed by atoms with Gasteiger partial charge in [0.2, 0.25) is 11.7 Å². The maximum Gasteiger partial charge on any atom is 0.259 e. The first-order valence-corrected chi connectivity index (χ1v) is 7.61. The summed E-state index contributed by atoms with van der Waals surface area (Å²) in [6.45, 7) is 3.55. The van der Waals surface area contributed by atoms with Crippen LogP contribution in [0.4, 0.5) is 10.1 Å². The Labute approximate surface area is 143 Å². The molecule has 1 N–H and O–H groups in total. The molecule has 0 atom stereocenters. The highest BCUT2D eigenvalue weighted by molar-refractivity contribution is 6.06. The van der Waals surface area contributed by atoms with Crippen LogP contribution in [0.25, 0.3) is 0 Å². The highest BCUT2D eigenvalue weighted by Gasteiger charge is 2.15. The Bertz CT molecular complexity index is 908. The molecule has 0 radical (unpaired) electrons. The minimum Gasteiger partial charge on any atom is -0.485 e. The molecular weight excluding hydrogens is 325 g/mol. The number of para-hydroxylation sites is 1. The molecule has 1 aromatic heterocycles. The van der Waals surface area contributed by atoms with Gasteiger partial charge in [-0.1, -0.05) is 23.4 Å². The Kier molecular flexibility index (Phi) is 4.74. The van der Waals surface area contributed by atoms with E-state index < -0.39 is 11.7 Å². The summed E-state index contributed by atoms with van der Waals surface area (Å²) in [6, 6.07) is 11.2. The van der Waals surface area contributed by atoms with E-state index in [9.17, 15) is 9.18 Å². The molecule has 2 aromatic carbocycles. The molecule has 128 valence electrons. The average Bonchev–Trinajstić information content (AvgIpc) is 3.02. The molecule has 0 aliphatic rings. The highest BCUT2D eigenvalue weighted by atomic mass is 19.1. The zero-order valence-electron chi connectivity index (χ0n) is 13.7. The number of carbonyl (C=O) groups excluding carboxylic acids is 1. The van der Waals surface area contributed by atoms with Crippen molar-refractivity contribution in [2.45, 2.75) is 20.5 Å². The summed E-state index contributed by atoms with van der Waals surface area (Å²) in [5.74, 6) is 0.177. The highest BCUT2D eigenvalue weighted by Crippen LogP contribution is 2.22. The van der Waals surface area contributed by atoms with Gasteiger partial charge in [0.05, 0.1) is 11.3 Å². The van der Waals surface area contributed by atoms with Crippen LogP contribution in [0.3, 0.4) is 0 Å². The number of halogens is 1. The number of anilines is 1. The topological polar surface area (TPSA) is 77.2 Å². The number of ether oxygens (including phenoxy) is 1. The number of hydrogen-bond acceptors (Lipinski definition) is 5. The van der Waals surface area contributed by atoms with Gasteiger partial charge in [-0.05, 0) is 36.8 Å². The molecule has 0 bridgehead atoms. The van der Waals surface area contributed by atoms with Gasteiger partial charge in [-0.15, -0.1) is 0 Å². The minimum absolute atomic E-state index is 0.0560. The van der Waals surface area contributed by atoms with Gasteiger partial charge < -0.3 is 14.6 Å². The largest absolute Gasteiger partial charge is 0.485 e. The van der Waals surface area contributed by atoms with Gasteiger partial charge in [-0.2, -0.15) is 4.98 Å². The number of nitrogens with zero attached hydrogens (tertiary/aromatic N) is 2. The molecule has 0 spiro atoms. The standard InChI is InChI=1S/C18H16FN3O3/c1-11-7-8-14(19)15(9-11)21-18(23)13-5-3-4-6-16(13)24-10-17-20-12(2)25-22-17/h3-9H,10H2,1-2H3,(H,21,23). The van der Waals surface area contributed by atoms with Crippen molar-refractivity contribution in [3.05, 3.63) is 71.1 Å². The first kappa shape index (κ1) is 16.6. The lowest BCUT2D eigenvalue weighted by Gasteiger charge is -2.11. The van der Waals surface area contributed by atoms with Gasteiger partial charge in [0.15, 0.2) is 6.61 Å². The summed E-state index contributed by atoms with van der Waals surface area (Å²) >= 11 is 0. The van der Waals surface area contributed by atoms with E-state index in [1.54, 1.807) is 43.3 Å². The third-order valence-electron chi connectivity index (χ3n) is 3.43. The van der Waals surface area contributed by atoms with Gasteiger partial charge in [-0.3, -0.25) is 4.79 Å². The predicted molar refractivity (Wildman–Crippen MR) is 88.9 cm³/mol. The summed E-state index contributed by atoms with van der Waals surface area (Å²) in [5, 5.41) is 6.30. The van der Waals surface area contributed by atoms with Gasteiger partial charge in [0.25, 0.3) is 5.91 Å². The zero-order valence-corrected chi connectivity index (χ0v) is 13.7. The maximum absolute atomic E-state index is 13.8. The molecule has 1 amide bonds. The Morgan fingerprint density at radius 2 is 2.04 bits per heavy atom. The summed E-state index contributed by atoms with van der Waals surface area (Å²) in [6.07, 6.45) is 0. The maximum atomic E-state index is 13.8. The Morgan fingerprint density at radius 1 is 1.24 bits per heavy atom. The van der Waals surface area contributed by atoms with Crippen LogP contribution >= 0.6 is 0 Å². The van der Waals surface area contributed by atoms with E-state index in [1.165, 1.54) is 6.07 Å². The molecule has 0 saturated heterocycles. The second-order valence-electron chi connectivity index (χ2n) is 5.45. The number of hydrogen-bond donors (Lipinski definition) is 1. The quantitative estimate of drug-likeness (QED) is 0.766. The molecule has 1 heterocycles. The molecule has 25 heavy (non-hydrogen) atoms. The van der Waals surface area contributed by atoms with Crippen molar-refractivity contribution >= 4 is 11.6 Å². The SMILES string of the molecule is Cc1ccc(F)c(NC(=O)c2ccccc2OCc2noc(C)n2)c1. The van der Waals surface area contributed by atoms with Crippen LogP contribution in [0.15, 0.2) is 47.0 Å². The molecule has 0 aliphatic carbocycles. The van der Waals surface area contributed by atoms with Crippen LogP contribution in [-0.2, 0) is 6.61 Å². The molecule has 6 nitrogen and oxygen atoms in total. The second kappa shape index (κ2) is 7.12. The molecule has 0 saturated carbocycles. The van der Waals surface area contributed by atoms with Gasteiger partial charge in [0.1, 0.15) is 11.6 Å². The van der Waals surface area contributed by atoms with Crippen LogP contribution < -0.4 is 10.1 Å². The average molecular weight is 341 g/mol. The second-order valence-corrected chi connectivity index (χ2v) is 5.45. The van der Waals surface area contributed by atoms with Crippen molar-refractivity contribution in [3.63, 3.8) is 0 Å². The van der Waals surface area contributed by atoms with E-state index in [4.69, 9.17) is 9.26 Å². The number of nitrogens with one attached hydrogen (secondary N) is 1. The van der Waals surface area contributed by atoms with Crippen LogP contribution in [0.5, 0.6) is 5.75 Å². The molecule has 3 rings (SSSR count). The fourth-order valence-electron chi connectivity index (χ4n) is 2.25. The van der Waals surface area contributed by atoms with Crippen LogP contribution in [0.2, 0.25) is 0 Å². The van der Waals surface area contributed by atoms with Crippen molar-refractivity contribution < 1.29 is 18.4 Å². The molecule has 0 fully saturated rings. The van der Waals surface area contributed by atoms with E-state index in [0.29, 0.717) is 17.5 Å². The number of aromatic nitrogens is 2. The first-order chi connectivity index (χ1) is 12.0. The number of benzene rings is 2. The van der Waals surface area contributed by atoms with Crippen molar-refractivity contribution in [3.8, 4) is 5.75 Å². The normalized spacial score (nSPS) is 10.5. The smallest absolute Gasteiger partial charge is 0.259 e. The third kappa shape index (κ3) is 4.00. The van der Waals surface area contributed by atoms with Crippen molar-refractivity contribution in [1.29, 1.82) is 0 Å². The van der Waals surface area contributed by atoms with Crippen LogP contribution in [0, 0.1) is 19.7 Å². The van der Waals surface area contributed by atoms with Gasteiger partial charge >= 0.3 is 0 Å². The number of aryl methyl sites for hydroxylation is 2. The fourth-order valence-corrected chi connectivity index (χ4v) is 2.25. The van der Waals surface area contributed by atoms with E-state index in [-0.39, 0.29) is 17.9 Å². The summed E-state index contributed by atoms with van der Waals surface area (Å²) in [5.41, 5.74) is 1.24. The Morgan fingerprint density at radius 3 is 2.80 bits per heavy atom. The number of amides is 1.